The fraction of sp³-hybridized carbons (Fsp3) is 0.111. The topological polar surface area (TPSA) is 44.9 Å². The van der Waals surface area contributed by atoms with Crippen molar-refractivity contribution in [3.63, 3.8) is 0 Å². The molecule has 4 heteroatoms. The maximum Gasteiger partial charge on any atom is 0.251 e. The molecular formula is C18H16ClN2O. The van der Waals surface area contributed by atoms with Crippen molar-refractivity contribution in [1.29, 1.82) is 0 Å². The van der Waals surface area contributed by atoms with Gasteiger partial charge in [-0.05, 0) is 42.7 Å². The first-order valence-corrected chi connectivity index (χ1v) is 7.47. The molecule has 1 amide bonds. The highest BCUT2D eigenvalue weighted by Crippen LogP contribution is 2.18. The minimum atomic E-state index is -0.146. The second-order valence-electron chi connectivity index (χ2n) is 5.17. The number of aromatic amines is 1. The van der Waals surface area contributed by atoms with Crippen LogP contribution in [0.15, 0.2) is 48.7 Å². The molecule has 111 valence electrons. The number of H-pyrrole nitrogens is 1. The molecular weight excluding hydrogens is 296 g/mol. The van der Waals surface area contributed by atoms with Gasteiger partial charge in [-0.1, -0.05) is 35.9 Å². The van der Waals surface area contributed by atoms with E-state index in [0.717, 1.165) is 11.9 Å². The van der Waals surface area contributed by atoms with E-state index in [0.29, 0.717) is 22.7 Å². The summed E-state index contributed by atoms with van der Waals surface area (Å²) in [6.07, 6.45) is 2.76. The van der Waals surface area contributed by atoms with Crippen molar-refractivity contribution in [2.24, 2.45) is 0 Å². The minimum Gasteiger partial charge on any atom is -0.361 e. The zero-order chi connectivity index (χ0) is 15.5. The maximum absolute atomic E-state index is 12.2. The van der Waals surface area contributed by atoms with E-state index >= 15 is 0 Å². The van der Waals surface area contributed by atoms with Gasteiger partial charge in [-0.25, -0.2) is 0 Å². The molecule has 0 atom stereocenters. The summed E-state index contributed by atoms with van der Waals surface area (Å²) in [5, 5.41) is 4.65. The molecule has 0 bridgehead atoms. The van der Waals surface area contributed by atoms with Crippen LogP contribution in [0.2, 0.25) is 5.02 Å². The first-order chi connectivity index (χ1) is 10.6. The molecule has 0 saturated heterocycles. The van der Waals surface area contributed by atoms with Crippen LogP contribution in [0.1, 0.15) is 21.5 Å². The van der Waals surface area contributed by atoms with Crippen molar-refractivity contribution in [1.82, 2.24) is 10.3 Å². The third kappa shape index (κ3) is 3.00. The molecule has 1 heterocycles. The fourth-order valence-corrected chi connectivity index (χ4v) is 2.68. The molecule has 0 saturated carbocycles. The number of hydrogen-bond donors (Lipinski definition) is 2. The second-order valence-corrected chi connectivity index (χ2v) is 5.60. The number of carbonyl (C=O) groups is 1. The van der Waals surface area contributed by atoms with E-state index in [1.165, 1.54) is 10.9 Å². The van der Waals surface area contributed by atoms with Crippen LogP contribution < -0.4 is 5.32 Å². The number of aromatic nitrogens is 1. The summed E-state index contributed by atoms with van der Waals surface area (Å²) >= 11 is 5.93. The summed E-state index contributed by atoms with van der Waals surface area (Å²) in [5.41, 5.74) is 3.50. The van der Waals surface area contributed by atoms with Crippen LogP contribution in [0, 0.1) is 6.92 Å². The molecule has 0 fully saturated rings. The molecule has 0 spiro atoms. The highest BCUT2D eigenvalue weighted by atomic mass is 35.5. The molecule has 0 aliphatic rings. The molecule has 0 unspecified atom stereocenters. The van der Waals surface area contributed by atoms with E-state index in [1.54, 1.807) is 18.2 Å². The van der Waals surface area contributed by atoms with E-state index in [4.69, 9.17) is 11.6 Å². The summed E-state index contributed by atoms with van der Waals surface area (Å²) < 4.78 is 0. The average molecular weight is 312 g/mol. The number of fused-ring (bicyclic) bond motifs is 1. The van der Waals surface area contributed by atoms with E-state index < -0.39 is 0 Å². The lowest BCUT2D eigenvalue weighted by molar-refractivity contribution is 0.0954. The molecule has 2 aromatic carbocycles. The zero-order valence-electron chi connectivity index (χ0n) is 12.0. The lowest BCUT2D eigenvalue weighted by Crippen LogP contribution is -2.26. The molecule has 3 nitrogen and oxygen atoms in total. The van der Waals surface area contributed by atoms with Crippen LogP contribution >= 0.6 is 11.6 Å². The number of benzene rings is 2. The lowest BCUT2D eigenvalue weighted by Gasteiger charge is -2.08. The summed E-state index contributed by atoms with van der Waals surface area (Å²) in [7, 11) is 0. The van der Waals surface area contributed by atoms with Crippen molar-refractivity contribution in [2.45, 2.75) is 6.42 Å². The molecule has 3 rings (SSSR count). The van der Waals surface area contributed by atoms with Gasteiger partial charge < -0.3 is 10.3 Å². The van der Waals surface area contributed by atoms with E-state index in [2.05, 4.69) is 23.3 Å². The summed E-state index contributed by atoms with van der Waals surface area (Å²) in [6.45, 7) is 4.42. The minimum absolute atomic E-state index is 0.146. The first kappa shape index (κ1) is 14.7. The van der Waals surface area contributed by atoms with E-state index in [9.17, 15) is 4.79 Å². The second kappa shape index (κ2) is 6.24. The Morgan fingerprint density at radius 3 is 2.91 bits per heavy atom. The quantitative estimate of drug-likeness (QED) is 0.752. The molecule has 2 N–H and O–H groups in total. The smallest absolute Gasteiger partial charge is 0.251 e. The van der Waals surface area contributed by atoms with Crippen molar-refractivity contribution < 1.29 is 4.79 Å². The number of amides is 1. The van der Waals surface area contributed by atoms with Crippen LogP contribution in [-0.2, 0) is 6.42 Å². The predicted molar refractivity (Wildman–Crippen MR) is 90.2 cm³/mol. The van der Waals surface area contributed by atoms with Crippen molar-refractivity contribution in [2.75, 3.05) is 6.54 Å². The van der Waals surface area contributed by atoms with Crippen molar-refractivity contribution in [3.05, 3.63) is 77.3 Å². The van der Waals surface area contributed by atoms with Gasteiger partial charge in [0.25, 0.3) is 5.91 Å². The maximum atomic E-state index is 12.2. The van der Waals surface area contributed by atoms with Gasteiger partial charge in [-0.15, -0.1) is 0 Å². The van der Waals surface area contributed by atoms with Crippen LogP contribution in [0.3, 0.4) is 0 Å². The van der Waals surface area contributed by atoms with Crippen molar-refractivity contribution in [3.8, 4) is 0 Å². The van der Waals surface area contributed by atoms with Crippen LogP contribution in [0.5, 0.6) is 0 Å². The Balaban J connectivity index is 1.65. The zero-order valence-corrected chi connectivity index (χ0v) is 12.8. The van der Waals surface area contributed by atoms with Gasteiger partial charge in [-0.2, -0.15) is 0 Å². The molecule has 0 aliphatic carbocycles. The molecule has 3 aromatic rings. The van der Waals surface area contributed by atoms with Gasteiger partial charge in [0.2, 0.25) is 0 Å². The third-order valence-electron chi connectivity index (χ3n) is 3.67. The number of hydrogen-bond acceptors (Lipinski definition) is 1. The van der Waals surface area contributed by atoms with E-state index in [-0.39, 0.29) is 5.91 Å². The normalized spacial score (nSPS) is 10.8. The molecule has 1 aromatic heterocycles. The monoisotopic (exact) mass is 311 g/mol. The predicted octanol–water partition coefficient (Wildman–Crippen LogP) is 3.98. The Kier molecular flexibility index (Phi) is 4.16. The van der Waals surface area contributed by atoms with Gasteiger partial charge in [0.1, 0.15) is 0 Å². The summed E-state index contributed by atoms with van der Waals surface area (Å²) in [4.78, 5) is 15.4. The van der Waals surface area contributed by atoms with Crippen molar-refractivity contribution >= 4 is 28.4 Å². The number of nitrogens with one attached hydrogen (secondary N) is 2. The highest BCUT2D eigenvalue weighted by Gasteiger charge is 2.10. The number of carbonyl (C=O) groups excluding carboxylic acids is 1. The highest BCUT2D eigenvalue weighted by molar-refractivity contribution is 6.31. The van der Waals surface area contributed by atoms with Crippen LogP contribution in [-0.4, -0.2) is 17.4 Å². The Bertz CT molecular complexity index is 823. The lowest BCUT2D eigenvalue weighted by atomic mass is 10.1. The van der Waals surface area contributed by atoms with E-state index in [1.807, 2.05) is 24.4 Å². The standard InChI is InChI=1S/C18H16ClN2O/c1-12-6-7-14(19)10-16(12)18(22)20-9-8-13-11-21-17-5-3-2-4-15(13)17/h2-7,10-11,21H,1,8-9H2,(H,20,22). The molecule has 22 heavy (non-hydrogen) atoms. The molecule has 0 aliphatic heterocycles. The van der Waals surface area contributed by atoms with Gasteiger partial charge in [0.05, 0.1) is 0 Å². The average Bonchev–Trinajstić information content (AvgIpc) is 2.93. The Hall–Kier alpha value is -2.26. The summed E-state index contributed by atoms with van der Waals surface area (Å²) in [6, 6.07) is 13.2. The Morgan fingerprint density at radius 2 is 2.05 bits per heavy atom. The number of rotatable bonds is 4. The number of halogens is 1. The SMILES string of the molecule is [CH2]c1ccc(Cl)cc1C(=O)NCCc1c[nH]c2ccccc12. The van der Waals surface area contributed by atoms with Crippen LogP contribution in [0.25, 0.3) is 10.9 Å². The third-order valence-corrected chi connectivity index (χ3v) is 3.91. The van der Waals surface area contributed by atoms with Gasteiger partial charge in [-0.3, -0.25) is 4.79 Å². The van der Waals surface area contributed by atoms with Gasteiger partial charge in [0.15, 0.2) is 0 Å². The first-order valence-electron chi connectivity index (χ1n) is 7.10. The van der Waals surface area contributed by atoms with Gasteiger partial charge in [0, 0.05) is 34.2 Å². The fourth-order valence-electron chi connectivity index (χ4n) is 2.50. The number of para-hydroxylation sites is 1. The Morgan fingerprint density at radius 1 is 1.23 bits per heavy atom. The van der Waals surface area contributed by atoms with Gasteiger partial charge >= 0.3 is 0 Å². The van der Waals surface area contributed by atoms with Crippen LogP contribution in [0.4, 0.5) is 0 Å². The largest absolute Gasteiger partial charge is 0.361 e. The summed E-state index contributed by atoms with van der Waals surface area (Å²) in [5.74, 6) is -0.146. The molecule has 1 radical (unpaired) electrons. The Labute approximate surface area is 134 Å².